The highest BCUT2D eigenvalue weighted by atomic mass is 32.1. The summed E-state index contributed by atoms with van der Waals surface area (Å²) in [6.45, 7) is 0.582. The Bertz CT molecular complexity index is 559. The van der Waals surface area contributed by atoms with Gasteiger partial charge in [-0.15, -0.1) is 11.3 Å². The topological polar surface area (TPSA) is 46.5 Å². The lowest BCUT2D eigenvalue weighted by Gasteiger charge is -2.08. The van der Waals surface area contributed by atoms with Crippen LogP contribution in [0.1, 0.15) is 10.4 Å². The maximum atomic E-state index is 10.5. The maximum absolute atomic E-state index is 10.5. The highest BCUT2D eigenvalue weighted by molar-refractivity contribution is 7.09. The number of thiophene rings is 1. The summed E-state index contributed by atoms with van der Waals surface area (Å²) in [5.74, 6) is -0.259. The third-order valence-electron chi connectivity index (χ3n) is 2.51. The minimum atomic E-state index is -0.964. The number of carboxylic acids is 1. The Hall–Kier alpha value is -2.07. The van der Waals surface area contributed by atoms with Crippen LogP contribution in [0.3, 0.4) is 0 Å². The lowest BCUT2D eigenvalue weighted by atomic mass is 10.2. The van der Waals surface area contributed by atoms with Crippen LogP contribution in [0.25, 0.3) is 6.08 Å². The van der Waals surface area contributed by atoms with Crippen molar-refractivity contribution < 1.29 is 14.6 Å². The van der Waals surface area contributed by atoms with Gasteiger partial charge in [-0.25, -0.2) is 4.79 Å². The highest BCUT2D eigenvalue weighted by Crippen LogP contribution is 2.20. The zero-order valence-corrected chi connectivity index (χ0v) is 11.1. The number of aliphatic carboxylic acids is 1. The minimum absolute atomic E-state index is 0.582. The monoisotopic (exact) mass is 274 g/mol. The Kier molecular flexibility index (Phi) is 4.75. The summed E-state index contributed by atoms with van der Waals surface area (Å²) in [7, 11) is 0. The fourth-order valence-corrected chi connectivity index (χ4v) is 2.32. The van der Waals surface area contributed by atoms with Gasteiger partial charge in [-0.3, -0.25) is 0 Å². The van der Waals surface area contributed by atoms with E-state index in [1.165, 1.54) is 4.88 Å². The van der Waals surface area contributed by atoms with Gasteiger partial charge in [0.2, 0.25) is 0 Å². The van der Waals surface area contributed by atoms with Crippen LogP contribution in [0.2, 0.25) is 0 Å². The average Bonchev–Trinajstić information content (AvgIpc) is 2.91. The first-order valence-electron chi connectivity index (χ1n) is 5.91. The van der Waals surface area contributed by atoms with E-state index in [-0.39, 0.29) is 0 Å². The van der Waals surface area contributed by atoms with Gasteiger partial charge >= 0.3 is 5.97 Å². The lowest BCUT2D eigenvalue weighted by Crippen LogP contribution is -2.01. The standard InChI is InChI=1S/C15H14O3S/c16-15(17)8-7-12-4-1-2-6-14(12)18-10-9-13-5-3-11-19-13/h1-8,11H,9-10H2,(H,16,17). The van der Waals surface area contributed by atoms with Crippen molar-refractivity contribution >= 4 is 23.4 Å². The fourth-order valence-electron chi connectivity index (χ4n) is 1.63. The van der Waals surface area contributed by atoms with E-state index >= 15 is 0 Å². The molecule has 3 nitrogen and oxygen atoms in total. The largest absolute Gasteiger partial charge is 0.493 e. The highest BCUT2D eigenvalue weighted by Gasteiger charge is 2.01. The second-order valence-corrected chi connectivity index (χ2v) is 4.92. The number of para-hydroxylation sites is 1. The quantitative estimate of drug-likeness (QED) is 0.820. The molecule has 0 aliphatic carbocycles. The number of ether oxygens (including phenoxy) is 1. The summed E-state index contributed by atoms with van der Waals surface area (Å²) in [5.41, 5.74) is 0.774. The molecule has 4 heteroatoms. The zero-order chi connectivity index (χ0) is 13.5. The van der Waals surface area contributed by atoms with Crippen molar-refractivity contribution in [3.63, 3.8) is 0 Å². The molecule has 19 heavy (non-hydrogen) atoms. The van der Waals surface area contributed by atoms with E-state index in [1.807, 2.05) is 35.7 Å². The van der Waals surface area contributed by atoms with Gasteiger partial charge in [-0.1, -0.05) is 24.3 Å². The number of benzene rings is 1. The minimum Gasteiger partial charge on any atom is -0.493 e. The number of rotatable bonds is 6. The Labute approximate surface area is 115 Å². The third-order valence-corrected chi connectivity index (χ3v) is 3.45. The van der Waals surface area contributed by atoms with Crippen LogP contribution >= 0.6 is 11.3 Å². The van der Waals surface area contributed by atoms with E-state index in [1.54, 1.807) is 17.4 Å². The van der Waals surface area contributed by atoms with Gasteiger partial charge in [0.1, 0.15) is 5.75 Å². The molecule has 0 amide bonds. The van der Waals surface area contributed by atoms with Gasteiger partial charge in [0.15, 0.2) is 0 Å². The van der Waals surface area contributed by atoms with Crippen LogP contribution in [0.15, 0.2) is 47.9 Å². The molecule has 0 aliphatic rings. The van der Waals surface area contributed by atoms with Crippen molar-refractivity contribution in [2.24, 2.45) is 0 Å². The van der Waals surface area contributed by atoms with Crippen LogP contribution in [0, 0.1) is 0 Å². The number of carboxylic acid groups (broad SMARTS) is 1. The van der Waals surface area contributed by atoms with Crippen LogP contribution in [0.5, 0.6) is 5.75 Å². The summed E-state index contributed by atoms with van der Waals surface area (Å²) < 4.78 is 5.71. The lowest BCUT2D eigenvalue weighted by molar-refractivity contribution is -0.131. The zero-order valence-electron chi connectivity index (χ0n) is 10.3. The van der Waals surface area contributed by atoms with Crippen LogP contribution < -0.4 is 4.74 Å². The average molecular weight is 274 g/mol. The van der Waals surface area contributed by atoms with Crippen molar-refractivity contribution in [3.05, 3.63) is 58.3 Å². The van der Waals surface area contributed by atoms with E-state index in [0.717, 1.165) is 18.1 Å². The first-order valence-corrected chi connectivity index (χ1v) is 6.79. The van der Waals surface area contributed by atoms with Crippen LogP contribution in [-0.2, 0) is 11.2 Å². The van der Waals surface area contributed by atoms with E-state index in [2.05, 4.69) is 6.07 Å². The molecule has 0 saturated carbocycles. The number of carbonyl (C=O) groups is 1. The Morgan fingerprint density at radius 2 is 2.11 bits per heavy atom. The smallest absolute Gasteiger partial charge is 0.328 e. The molecule has 1 aromatic heterocycles. The molecule has 2 aromatic rings. The van der Waals surface area contributed by atoms with Crippen molar-refractivity contribution in [2.75, 3.05) is 6.61 Å². The van der Waals surface area contributed by atoms with Crippen LogP contribution in [-0.4, -0.2) is 17.7 Å². The van der Waals surface area contributed by atoms with Gasteiger partial charge < -0.3 is 9.84 Å². The molecule has 2 rings (SSSR count). The summed E-state index contributed by atoms with van der Waals surface area (Å²) in [6, 6.07) is 11.5. The second-order valence-electron chi connectivity index (χ2n) is 3.89. The van der Waals surface area contributed by atoms with Crippen molar-refractivity contribution in [3.8, 4) is 5.75 Å². The molecular weight excluding hydrogens is 260 g/mol. The first-order chi connectivity index (χ1) is 9.25. The Morgan fingerprint density at radius 3 is 2.84 bits per heavy atom. The van der Waals surface area contributed by atoms with Crippen LogP contribution in [0.4, 0.5) is 0 Å². The maximum Gasteiger partial charge on any atom is 0.328 e. The van der Waals surface area contributed by atoms with E-state index in [4.69, 9.17) is 9.84 Å². The SMILES string of the molecule is O=C(O)C=Cc1ccccc1OCCc1cccs1. The van der Waals surface area contributed by atoms with Gasteiger partial charge in [0.25, 0.3) is 0 Å². The molecule has 0 aliphatic heterocycles. The van der Waals surface area contributed by atoms with Crippen molar-refractivity contribution in [1.29, 1.82) is 0 Å². The number of hydrogen-bond acceptors (Lipinski definition) is 3. The molecule has 1 heterocycles. The molecule has 0 fully saturated rings. The van der Waals surface area contributed by atoms with E-state index in [0.29, 0.717) is 12.4 Å². The summed E-state index contributed by atoms with van der Waals surface area (Å²) in [4.78, 5) is 11.8. The molecule has 0 atom stereocenters. The second kappa shape index (κ2) is 6.75. The molecular formula is C15H14O3S. The molecule has 0 radical (unpaired) electrons. The molecule has 0 spiro atoms. The normalized spacial score (nSPS) is 10.7. The molecule has 1 N–H and O–H groups in total. The predicted octanol–water partition coefficient (Wildman–Crippen LogP) is 3.47. The van der Waals surface area contributed by atoms with Gasteiger partial charge in [0, 0.05) is 22.9 Å². The van der Waals surface area contributed by atoms with Crippen molar-refractivity contribution in [1.82, 2.24) is 0 Å². The van der Waals surface area contributed by atoms with Gasteiger partial charge in [0.05, 0.1) is 6.61 Å². The van der Waals surface area contributed by atoms with E-state index < -0.39 is 5.97 Å². The van der Waals surface area contributed by atoms with Gasteiger partial charge in [-0.2, -0.15) is 0 Å². The Balaban J connectivity index is 1.97. The summed E-state index contributed by atoms with van der Waals surface area (Å²) >= 11 is 1.70. The molecule has 0 bridgehead atoms. The third kappa shape index (κ3) is 4.26. The predicted molar refractivity (Wildman–Crippen MR) is 76.6 cm³/mol. The summed E-state index contributed by atoms with van der Waals surface area (Å²) in [5, 5.41) is 10.7. The molecule has 98 valence electrons. The molecule has 0 unspecified atom stereocenters. The summed E-state index contributed by atoms with van der Waals surface area (Å²) in [6.07, 6.45) is 3.51. The van der Waals surface area contributed by atoms with Crippen molar-refractivity contribution in [2.45, 2.75) is 6.42 Å². The number of hydrogen-bond donors (Lipinski definition) is 1. The molecule has 0 saturated heterocycles. The Morgan fingerprint density at radius 1 is 1.26 bits per heavy atom. The van der Waals surface area contributed by atoms with E-state index in [9.17, 15) is 4.79 Å². The first kappa shape index (κ1) is 13.4. The fraction of sp³-hybridized carbons (Fsp3) is 0.133. The molecule has 1 aromatic carbocycles. The van der Waals surface area contributed by atoms with Gasteiger partial charge in [-0.05, 0) is 23.6 Å².